The van der Waals surface area contributed by atoms with Crippen LogP contribution in [0.5, 0.6) is 0 Å². The first-order valence-electron chi connectivity index (χ1n) is 7.41. The van der Waals surface area contributed by atoms with Crippen molar-refractivity contribution in [2.75, 3.05) is 27.4 Å². The van der Waals surface area contributed by atoms with Crippen LogP contribution in [0.15, 0.2) is 22.0 Å². The predicted molar refractivity (Wildman–Crippen MR) is 87.6 cm³/mol. The summed E-state index contributed by atoms with van der Waals surface area (Å²) in [7, 11) is 4.49. The SMILES string of the molecule is COCCn1c(-c2cnn(C)c2)c([N+](=O)[O-])c(=O)n(CCOC)c1=O. The van der Waals surface area contributed by atoms with Gasteiger partial charge in [0.1, 0.15) is 5.69 Å². The number of hydrogen-bond acceptors (Lipinski definition) is 7. The lowest BCUT2D eigenvalue weighted by atomic mass is 10.2. The van der Waals surface area contributed by atoms with Crippen molar-refractivity contribution in [1.82, 2.24) is 18.9 Å². The van der Waals surface area contributed by atoms with Crippen molar-refractivity contribution < 1.29 is 14.4 Å². The van der Waals surface area contributed by atoms with Crippen molar-refractivity contribution in [2.45, 2.75) is 13.1 Å². The molecule has 0 unspecified atom stereocenters. The summed E-state index contributed by atoms with van der Waals surface area (Å²) >= 11 is 0. The Morgan fingerprint density at radius 3 is 2.24 bits per heavy atom. The van der Waals surface area contributed by atoms with Gasteiger partial charge in [-0.25, -0.2) is 4.79 Å². The van der Waals surface area contributed by atoms with Crippen molar-refractivity contribution in [3.8, 4) is 11.3 Å². The molecule has 2 heterocycles. The van der Waals surface area contributed by atoms with Crippen LogP contribution in [0, 0.1) is 10.1 Å². The Labute approximate surface area is 142 Å². The minimum Gasteiger partial charge on any atom is -0.383 e. The van der Waals surface area contributed by atoms with E-state index in [-0.39, 0.29) is 32.0 Å². The Kier molecular flexibility index (Phi) is 5.83. The first-order chi connectivity index (χ1) is 11.9. The van der Waals surface area contributed by atoms with Crippen molar-refractivity contribution in [1.29, 1.82) is 0 Å². The van der Waals surface area contributed by atoms with Crippen molar-refractivity contribution in [3.63, 3.8) is 0 Å². The number of nitro groups is 1. The fourth-order valence-electron chi connectivity index (χ4n) is 2.46. The smallest absolute Gasteiger partial charge is 0.358 e. The number of aryl methyl sites for hydroxylation is 1. The molecule has 2 aromatic rings. The van der Waals surface area contributed by atoms with Crippen LogP contribution >= 0.6 is 0 Å². The third kappa shape index (κ3) is 3.67. The topological polar surface area (TPSA) is 123 Å². The molecule has 0 N–H and O–H groups in total. The molecule has 0 aliphatic heterocycles. The van der Waals surface area contributed by atoms with E-state index in [0.29, 0.717) is 5.56 Å². The van der Waals surface area contributed by atoms with E-state index in [0.717, 1.165) is 9.13 Å². The Hall–Kier alpha value is -2.79. The molecule has 2 aromatic heterocycles. The number of ether oxygens (including phenoxy) is 2. The highest BCUT2D eigenvalue weighted by atomic mass is 16.6. The average molecular weight is 353 g/mol. The van der Waals surface area contributed by atoms with E-state index in [1.807, 2.05) is 0 Å². The summed E-state index contributed by atoms with van der Waals surface area (Å²) in [5, 5.41) is 15.5. The van der Waals surface area contributed by atoms with Gasteiger partial charge in [0.15, 0.2) is 0 Å². The lowest BCUT2D eigenvalue weighted by Gasteiger charge is -2.14. The molecule has 0 aliphatic rings. The van der Waals surface area contributed by atoms with Crippen LogP contribution in [-0.4, -0.2) is 51.3 Å². The zero-order valence-electron chi connectivity index (χ0n) is 14.2. The Morgan fingerprint density at radius 2 is 1.76 bits per heavy atom. The maximum absolute atomic E-state index is 12.7. The third-order valence-electron chi connectivity index (χ3n) is 3.60. The molecular weight excluding hydrogens is 334 g/mol. The molecule has 0 atom stereocenters. The zero-order chi connectivity index (χ0) is 18.6. The predicted octanol–water partition coefficient (Wildman–Crippen LogP) is -0.388. The number of aromatic nitrogens is 4. The summed E-state index contributed by atoms with van der Waals surface area (Å²) in [6.07, 6.45) is 2.87. The van der Waals surface area contributed by atoms with Crippen molar-refractivity contribution in [2.24, 2.45) is 7.05 Å². The van der Waals surface area contributed by atoms with Crippen LogP contribution in [-0.2, 0) is 29.6 Å². The third-order valence-corrected chi connectivity index (χ3v) is 3.60. The second-order valence-corrected chi connectivity index (χ2v) is 5.23. The van der Waals surface area contributed by atoms with E-state index < -0.39 is 21.9 Å². The molecule has 2 rings (SSSR count). The normalized spacial score (nSPS) is 11.0. The fraction of sp³-hybridized carbons (Fsp3) is 0.500. The monoisotopic (exact) mass is 353 g/mol. The van der Waals surface area contributed by atoms with E-state index in [2.05, 4.69) is 5.10 Å². The average Bonchev–Trinajstić information content (AvgIpc) is 2.99. The number of rotatable bonds is 8. The summed E-state index contributed by atoms with van der Waals surface area (Å²) in [5.74, 6) is 0. The van der Waals surface area contributed by atoms with Crippen LogP contribution in [0.25, 0.3) is 11.3 Å². The van der Waals surface area contributed by atoms with Gasteiger partial charge in [-0.15, -0.1) is 0 Å². The molecular formula is C14H19N5O6. The number of hydrogen-bond donors (Lipinski definition) is 0. The van der Waals surface area contributed by atoms with Crippen molar-refractivity contribution in [3.05, 3.63) is 43.3 Å². The summed E-state index contributed by atoms with van der Waals surface area (Å²) < 4.78 is 13.3. The molecule has 0 aromatic carbocycles. The van der Waals surface area contributed by atoms with Gasteiger partial charge in [-0.05, 0) is 0 Å². The molecule has 0 saturated heterocycles. The van der Waals surface area contributed by atoms with E-state index >= 15 is 0 Å². The lowest BCUT2D eigenvalue weighted by Crippen LogP contribution is -2.43. The maximum atomic E-state index is 12.7. The van der Waals surface area contributed by atoms with Crippen molar-refractivity contribution >= 4 is 5.69 Å². The molecule has 136 valence electrons. The van der Waals surface area contributed by atoms with Gasteiger partial charge >= 0.3 is 16.9 Å². The van der Waals surface area contributed by atoms with Gasteiger partial charge in [-0.1, -0.05) is 0 Å². The number of nitrogens with zero attached hydrogens (tertiary/aromatic N) is 5. The Morgan fingerprint density at radius 1 is 1.16 bits per heavy atom. The first kappa shape index (κ1) is 18.5. The van der Waals surface area contributed by atoms with Gasteiger partial charge in [-0.3, -0.25) is 28.7 Å². The molecule has 11 nitrogen and oxygen atoms in total. The molecule has 0 saturated carbocycles. The van der Waals surface area contributed by atoms with Gasteiger partial charge in [0.2, 0.25) is 0 Å². The van der Waals surface area contributed by atoms with E-state index in [1.54, 1.807) is 7.05 Å². The van der Waals surface area contributed by atoms with Crippen LogP contribution in [0.1, 0.15) is 0 Å². The van der Waals surface area contributed by atoms with Gasteiger partial charge in [-0.2, -0.15) is 5.10 Å². The van der Waals surface area contributed by atoms with E-state index in [4.69, 9.17) is 9.47 Å². The Balaban J connectivity index is 2.84. The highest BCUT2D eigenvalue weighted by Crippen LogP contribution is 2.25. The van der Waals surface area contributed by atoms with Gasteiger partial charge in [0, 0.05) is 33.0 Å². The molecule has 0 spiro atoms. The molecule has 0 bridgehead atoms. The minimum atomic E-state index is -0.973. The lowest BCUT2D eigenvalue weighted by molar-refractivity contribution is -0.386. The highest BCUT2D eigenvalue weighted by Gasteiger charge is 2.29. The maximum Gasteiger partial charge on any atom is 0.358 e. The first-order valence-corrected chi connectivity index (χ1v) is 7.41. The van der Waals surface area contributed by atoms with Crippen LogP contribution < -0.4 is 11.2 Å². The standard InChI is InChI=1S/C14H19N5O6/c1-16-9-10(8-15-16)11-12(19(22)23)13(20)18(5-7-25-3)14(21)17(11)4-6-24-2/h8-9H,4-7H2,1-3H3. The summed E-state index contributed by atoms with van der Waals surface area (Å²) in [5.41, 5.74) is -2.10. The Bertz CT molecular complexity index is 881. The number of methoxy groups -OCH3 is 2. The zero-order valence-corrected chi connectivity index (χ0v) is 14.2. The van der Waals surface area contributed by atoms with Crippen LogP contribution in [0.3, 0.4) is 0 Å². The second-order valence-electron chi connectivity index (χ2n) is 5.23. The fourth-order valence-corrected chi connectivity index (χ4v) is 2.46. The summed E-state index contributed by atoms with van der Waals surface area (Å²) in [6.45, 7) is 0.179. The highest BCUT2D eigenvalue weighted by molar-refractivity contribution is 5.68. The van der Waals surface area contributed by atoms with Crippen LogP contribution in [0.4, 0.5) is 5.69 Å². The molecule has 0 radical (unpaired) electrons. The second kappa shape index (κ2) is 7.85. The molecule has 0 aliphatic carbocycles. The minimum absolute atomic E-state index is 0.0493. The summed E-state index contributed by atoms with van der Waals surface area (Å²) in [4.78, 5) is 36.1. The largest absolute Gasteiger partial charge is 0.383 e. The molecule has 0 amide bonds. The molecule has 25 heavy (non-hydrogen) atoms. The van der Waals surface area contributed by atoms with Gasteiger partial charge in [0.25, 0.3) is 0 Å². The quantitative estimate of drug-likeness (QED) is 0.468. The summed E-state index contributed by atoms with van der Waals surface area (Å²) in [6, 6.07) is 0. The van der Waals surface area contributed by atoms with Crippen LogP contribution in [0.2, 0.25) is 0 Å². The molecule has 11 heteroatoms. The molecule has 0 fully saturated rings. The van der Waals surface area contributed by atoms with Gasteiger partial charge < -0.3 is 9.47 Å². The van der Waals surface area contributed by atoms with E-state index in [9.17, 15) is 19.7 Å². The van der Waals surface area contributed by atoms with Gasteiger partial charge in [0.05, 0.1) is 37.4 Å². The van der Waals surface area contributed by atoms with E-state index in [1.165, 1.54) is 31.3 Å².